The molecule has 7 heteroatoms. The average Bonchev–Trinajstić information content (AvgIpc) is 2.91. The third-order valence-electron chi connectivity index (χ3n) is 6.63. The molecule has 0 aliphatic carbocycles. The molecule has 4 rings (SSSR count). The van der Waals surface area contributed by atoms with Gasteiger partial charge in [-0.1, -0.05) is 69.0 Å². The maximum atomic E-state index is 15.2. The van der Waals surface area contributed by atoms with Crippen LogP contribution in [-0.4, -0.2) is 32.5 Å². The Hall–Kier alpha value is -2.61. The van der Waals surface area contributed by atoms with Gasteiger partial charge in [0.15, 0.2) is 6.29 Å². The fourth-order valence-electron chi connectivity index (χ4n) is 4.54. The van der Waals surface area contributed by atoms with Gasteiger partial charge in [-0.2, -0.15) is 8.78 Å². The van der Waals surface area contributed by atoms with Gasteiger partial charge in [-0.3, -0.25) is 0 Å². The zero-order chi connectivity index (χ0) is 26.0. The van der Waals surface area contributed by atoms with Crippen molar-refractivity contribution in [2.45, 2.75) is 70.9 Å². The van der Waals surface area contributed by atoms with Gasteiger partial charge < -0.3 is 18.9 Å². The molecule has 0 N–H and O–H groups in total. The third kappa shape index (κ3) is 7.94. The molecular formula is C30H35F3O4. The smallest absolute Gasteiger partial charge is 0.387 e. The van der Waals surface area contributed by atoms with E-state index in [2.05, 4.69) is 11.7 Å². The van der Waals surface area contributed by atoms with Crippen molar-refractivity contribution in [2.75, 3.05) is 19.8 Å². The number of ether oxygens (including phenoxy) is 4. The van der Waals surface area contributed by atoms with E-state index >= 15 is 4.39 Å². The Bertz CT molecular complexity index is 1110. The molecule has 0 spiro atoms. The lowest BCUT2D eigenvalue weighted by Crippen LogP contribution is -2.33. The Morgan fingerprint density at radius 1 is 0.892 bits per heavy atom. The largest absolute Gasteiger partial charge is 0.435 e. The Balaban J connectivity index is 1.29. The molecule has 4 nitrogen and oxygen atoms in total. The van der Waals surface area contributed by atoms with Gasteiger partial charge in [-0.25, -0.2) is 4.39 Å². The Morgan fingerprint density at radius 3 is 2.38 bits per heavy atom. The number of alkyl halides is 2. The lowest BCUT2D eigenvalue weighted by molar-refractivity contribution is -0.230. The molecule has 0 aromatic heterocycles. The summed E-state index contributed by atoms with van der Waals surface area (Å²) < 4.78 is 61.9. The van der Waals surface area contributed by atoms with Crippen molar-refractivity contribution in [1.82, 2.24) is 0 Å². The Kier molecular flexibility index (Phi) is 10.2. The van der Waals surface area contributed by atoms with Gasteiger partial charge in [0.05, 0.1) is 13.2 Å². The predicted octanol–water partition coefficient (Wildman–Crippen LogP) is 7.77. The van der Waals surface area contributed by atoms with Crippen LogP contribution in [0.4, 0.5) is 13.2 Å². The first-order valence-electron chi connectivity index (χ1n) is 13.1. The maximum Gasteiger partial charge on any atom is 0.387 e. The van der Waals surface area contributed by atoms with E-state index in [1.165, 1.54) is 37.8 Å². The van der Waals surface area contributed by atoms with Crippen LogP contribution >= 0.6 is 0 Å². The van der Waals surface area contributed by atoms with Crippen LogP contribution in [0.5, 0.6) is 5.75 Å². The first-order chi connectivity index (χ1) is 18.0. The fourth-order valence-corrected chi connectivity index (χ4v) is 4.54. The molecule has 3 aromatic carbocycles. The second kappa shape index (κ2) is 13.8. The van der Waals surface area contributed by atoms with Crippen LogP contribution in [0.15, 0.2) is 54.6 Å². The lowest BCUT2D eigenvalue weighted by Gasteiger charge is -2.29. The van der Waals surface area contributed by atoms with E-state index in [1.807, 2.05) is 18.2 Å². The van der Waals surface area contributed by atoms with Crippen molar-refractivity contribution in [3.05, 3.63) is 77.1 Å². The van der Waals surface area contributed by atoms with Gasteiger partial charge in [0.1, 0.15) is 17.7 Å². The van der Waals surface area contributed by atoms with E-state index in [0.717, 1.165) is 29.5 Å². The van der Waals surface area contributed by atoms with E-state index in [1.54, 1.807) is 24.3 Å². The molecule has 0 amide bonds. The summed E-state index contributed by atoms with van der Waals surface area (Å²) in [6.07, 6.45) is 6.52. The van der Waals surface area contributed by atoms with Crippen molar-refractivity contribution in [3.8, 4) is 5.75 Å². The Morgan fingerprint density at radius 2 is 1.65 bits per heavy atom. The Labute approximate surface area is 216 Å². The average molecular weight is 517 g/mol. The molecular weight excluding hydrogens is 481 g/mol. The van der Waals surface area contributed by atoms with Gasteiger partial charge >= 0.3 is 6.61 Å². The lowest BCUT2D eigenvalue weighted by atomic mass is 9.99. The summed E-state index contributed by atoms with van der Waals surface area (Å²) >= 11 is 0. The molecule has 1 aliphatic heterocycles. The molecule has 0 saturated carbocycles. The molecule has 0 atom stereocenters. The SMILES string of the molecule is CCCCCCCOC1COC(c2ccc3c(F)c(CCc4ccc(OC(F)F)cc4)ccc3c2)OC1. The van der Waals surface area contributed by atoms with Crippen LogP contribution in [0.25, 0.3) is 10.8 Å². The molecule has 37 heavy (non-hydrogen) atoms. The topological polar surface area (TPSA) is 36.9 Å². The number of unbranched alkanes of at least 4 members (excludes halogenated alkanes) is 4. The molecule has 0 radical (unpaired) electrons. The number of hydrogen-bond acceptors (Lipinski definition) is 4. The molecule has 1 heterocycles. The van der Waals surface area contributed by atoms with Gasteiger partial charge in [0.2, 0.25) is 0 Å². The molecule has 1 fully saturated rings. The highest BCUT2D eigenvalue weighted by atomic mass is 19.3. The second-order valence-electron chi connectivity index (χ2n) is 9.45. The third-order valence-corrected chi connectivity index (χ3v) is 6.63. The van der Waals surface area contributed by atoms with E-state index in [0.29, 0.717) is 37.0 Å². The van der Waals surface area contributed by atoms with Crippen LogP contribution in [0, 0.1) is 5.82 Å². The number of hydrogen-bond donors (Lipinski definition) is 0. The van der Waals surface area contributed by atoms with Crippen molar-refractivity contribution in [1.29, 1.82) is 0 Å². The van der Waals surface area contributed by atoms with Crippen molar-refractivity contribution in [2.24, 2.45) is 0 Å². The van der Waals surface area contributed by atoms with Crippen LogP contribution < -0.4 is 4.74 Å². The molecule has 1 saturated heterocycles. The van der Waals surface area contributed by atoms with E-state index in [9.17, 15) is 8.78 Å². The maximum absolute atomic E-state index is 15.2. The molecule has 200 valence electrons. The predicted molar refractivity (Wildman–Crippen MR) is 138 cm³/mol. The van der Waals surface area contributed by atoms with Crippen molar-refractivity contribution in [3.63, 3.8) is 0 Å². The van der Waals surface area contributed by atoms with Crippen LogP contribution in [0.3, 0.4) is 0 Å². The van der Waals surface area contributed by atoms with E-state index in [-0.39, 0.29) is 17.7 Å². The highest BCUT2D eigenvalue weighted by Crippen LogP contribution is 2.29. The summed E-state index contributed by atoms with van der Waals surface area (Å²) in [5.41, 5.74) is 2.37. The summed E-state index contributed by atoms with van der Waals surface area (Å²) in [6.45, 7) is 1.02. The molecule has 3 aromatic rings. The first kappa shape index (κ1) is 27.4. The zero-order valence-electron chi connectivity index (χ0n) is 21.3. The number of rotatable bonds is 13. The number of halogens is 3. The minimum Gasteiger partial charge on any atom is -0.435 e. The standard InChI is InChI=1S/C30H35F3O4/c1-2-3-4-5-6-17-34-26-19-35-29(36-20-26)24-13-16-27-23(18-24)12-11-22(28(27)31)10-7-21-8-14-25(15-9-21)37-30(32)33/h8-9,11-16,18,26,29-30H,2-7,10,17,19-20H2,1H3. The minimum absolute atomic E-state index is 0.0593. The van der Waals surface area contributed by atoms with Crippen molar-refractivity contribution >= 4 is 10.8 Å². The van der Waals surface area contributed by atoms with Gasteiger partial charge in [0, 0.05) is 17.6 Å². The molecule has 0 unspecified atom stereocenters. The quantitative estimate of drug-likeness (QED) is 0.218. The summed E-state index contributed by atoms with van der Waals surface area (Å²) in [4.78, 5) is 0. The number of benzene rings is 3. The zero-order valence-corrected chi connectivity index (χ0v) is 21.3. The summed E-state index contributed by atoms with van der Waals surface area (Å²) in [7, 11) is 0. The molecule has 1 aliphatic rings. The van der Waals surface area contributed by atoms with Crippen LogP contribution in [-0.2, 0) is 27.1 Å². The number of fused-ring (bicyclic) bond motifs is 1. The molecule has 0 bridgehead atoms. The second-order valence-corrected chi connectivity index (χ2v) is 9.45. The summed E-state index contributed by atoms with van der Waals surface area (Å²) in [5, 5.41) is 1.33. The van der Waals surface area contributed by atoms with E-state index < -0.39 is 12.9 Å². The van der Waals surface area contributed by atoms with Crippen molar-refractivity contribution < 1.29 is 32.1 Å². The summed E-state index contributed by atoms with van der Waals surface area (Å²) in [5.74, 6) is -0.141. The normalized spacial score (nSPS) is 18.0. The van der Waals surface area contributed by atoms with Gasteiger partial charge in [-0.05, 0) is 54.0 Å². The fraction of sp³-hybridized carbons (Fsp3) is 0.467. The van der Waals surface area contributed by atoms with E-state index in [4.69, 9.17) is 14.2 Å². The highest BCUT2D eigenvalue weighted by Gasteiger charge is 2.24. The highest BCUT2D eigenvalue weighted by molar-refractivity contribution is 5.84. The first-order valence-corrected chi connectivity index (χ1v) is 13.1. The summed E-state index contributed by atoms with van der Waals surface area (Å²) in [6, 6.07) is 15.7. The van der Waals surface area contributed by atoms with Gasteiger partial charge in [0.25, 0.3) is 0 Å². The van der Waals surface area contributed by atoms with Crippen LogP contribution in [0.2, 0.25) is 0 Å². The minimum atomic E-state index is -2.85. The van der Waals surface area contributed by atoms with Crippen LogP contribution in [0.1, 0.15) is 62.0 Å². The monoisotopic (exact) mass is 516 g/mol. The van der Waals surface area contributed by atoms with Gasteiger partial charge in [-0.15, -0.1) is 0 Å². The number of aryl methyl sites for hydroxylation is 2.